The highest BCUT2D eigenvalue weighted by Crippen LogP contribution is 2.40. The lowest BCUT2D eigenvalue weighted by atomic mass is 9.82. The monoisotopic (exact) mass is 281 g/mol. The molecule has 1 saturated heterocycles. The molecule has 5 heteroatoms. The third kappa shape index (κ3) is 2.49. The highest BCUT2D eigenvalue weighted by atomic mass is 19.1. The van der Waals surface area contributed by atoms with Gasteiger partial charge in [0, 0.05) is 18.7 Å². The molecule has 1 aliphatic rings. The van der Waals surface area contributed by atoms with Gasteiger partial charge in [0.2, 0.25) is 0 Å². The van der Waals surface area contributed by atoms with Crippen molar-refractivity contribution < 1.29 is 8.78 Å². The van der Waals surface area contributed by atoms with E-state index < -0.39 is 11.6 Å². The Hall–Kier alpha value is -1.65. The summed E-state index contributed by atoms with van der Waals surface area (Å²) in [6.07, 6.45) is 2.97. The van der Waals surface area contributed by atoms with E-state index in [1.54, 1.807) is 4.90 Å². The number of rotatable bonds is 4. The molecule has 1 aromatic rings. The molecule has 1 aromatic carbocycles. The van der Waals surface area contributed by atoms with Crippen LogP contribution in [0.3, 0.4) is 0 Å². The molecule has 2 rings (SSSR count). The zero-order valence-electron chi connectivity index (χ0n) is 12.0. The Morgan fingerprint density at radius 1 is 1.30 bits per heavy atom. The van der Waals surface area contributed by atoms with Crippen molar-refractivity contribution >= 4 is 11.5 Å². The second-order valence-corrected chi connectivity index (χ2v) is 5.58. The fraction of sp³-hybridized carbons (Fsp3) is 0.533. The van der Waals surface area contributed by atoms with Gasteiger partial charge in [0.05, 0.1) is 0 Å². The molecular formula is C15H21F2N3. The minimum atomic E-state index is -0.641. The molecule has 1 fully saturated rings. The van der Waals surface area contributed by atoms with E-state index in [9.17, 15) is 8.78 Å². The lowest BCUT2D eigenvalue weighted by Gasteiger charge is -2.27. The van der Waals surface area contributed by atoms with E-state index in [2.05, 4.69) is 13.8 Å². The minimum absolute atomic E-state index is 0.0128. The maximum atomic E-state index is 14.1. The third-order valence-corrected chi connectivity index (χ3v) is 4.58. The van der Waals surface area contributed by atoms with E-state index in [1.807, 2.05) is 0 Å². The molecule has 0 saturated carbocycles. The van der Waals surface area contributed by atoms with Gasteiger partial charge in [-0.2, -0.15) is 0 Å². The Labute approximate surface area is 118 Å². The Morgan fingerprint density at radius 2 is 1.85 bits per heavy atom. The zero-order chi connectivity index (χ0) is 14.9. The lowest BCUT2D eigenvalue weighted by Crippen LogP contribution is -2.27. The molecule has 0 bridgehead atoms. The van der Waals surface area contributed by atoms with Crippen molar-refractivity contribution in [2.45, 2.75) is 33.1 Å². The van der Waals surface area contributed by atoms with Crippen molar-refractivity contribution in [3.8, 4) is 0 Å². The van der Waals surface area contributed by atoms with Crippen LogP contribution in [0.25, 0.3) is 0 Å². The Morgan fingerprint density at radius 3 is 2.25 bits per heavy atom. The molecule has 0 spiro atoms. The van der Waals surface area contributed by atoms with Crippen LogP contribution in [-0.2, 0) is 0 Å². The zero-order valence-corrected chi connectivity index (χ0v) is 12.0. The molecule has 3 N–H and O–H groups in total. The molecule has 1 heterocycles. The van der Waals surface area contributed by atoms with E-state index in [4.69, 9.17) is 11.1 Å². The van der Waals surface area contributed by atoms with Crippen LogP contribution in [0, 0.1) is 22.5 Å². The maximum absolute atomic E-state index is 14.1. The molecule has 110 valence electrons. The molecule has 3 nitrogen and oxygen atoms in total. The number of nitrogens with zero attached hydrogens (tertiary/aromatic N) is 1. The van der Waals surface area contributed by atoms with Crippen LogP contribution in [0.4, 0.5) is 14.5 Å². The second kappa shape index (κ2) is 5.38. The molecule has 0 unspecified atom stereocenters. The molecule has 0 aromatic heterocycles. The standard InChI is InChI=1S/C15H21F2N3/c1-3-15(4-2)5-6-20(9-15)13-11(16)7-10(14(18)19)8-12(13)17/h7-8H,3-6,9H2,1-2H3,(H3,18,19). The Bertz CT molecular complexity index is 501. The molecule has 0 radical (unpaired) electrons. The van der Waals surface area contributed by atoms with Gasteiger partial charge in [-0.1, -0.05) is 13.8 Å². The van der Waals surface area contributed by atoms with Gasteiger partial charge < -0.3 is 10.6 Å². The highest BCUT2D eigenvalue weighted by molar-refractivity contribution is 5.95. The summed E-state index contributed by atoms with van der Waals surface area (Å²) in [5.74, 6) is -1.61. The average Bonchev–Trinajstić information content (AvgIpc) is 2.82. The first-order chi connectivity index (χ1) is 9.42. The maximum Gasteiger partial charge on any atom is 0.150 e. The van der Waals surface area contributed by atoms with Crippen molar-refractivity contribution in [1.82, 2.24) is 0 Å². The topological polar surface area (TPSA) is 53.1 Å². The van der Waals surface area contributed by atoms with Gasteiger partial charge in [-0.05, 0) is 36.8 Å². The average molecular weight is 281 g/mol. The highest BCUT2D eigenvalue weighted by Gasteiger charge is 2.36. The van der Waals surface area contributed by atoms with Crippen molar-refractivity contribution in [3.63, 3.8) is 0 Å². The molecule has 0 aliphatic carbocycles. The van der Waals surface area contributed by atoms with Crippen LogP contribution in [0.1, 0.15) is 38.7 Å². The minimum Gasteiger partial charge on any atom is -0.384 e. The fourth-order valence-electron chi connectivity index (χ4n) is 2.98. The second-order valence-electron chi connectivity index (χ2n) is 5.58. The number of anilines is 1. The Kier molecular flexibility index (Phi) is 3.97. The molecular weight excluding hydrogens is 260 g/mol. The van der Waals surface area contributed by atoms with Crippen molar-refractivity contribution in [3.05, 3.63) is 29.3 Å². The first kappa shape index (κ1) is 14.8. The number of halogens is 2. The first-order valence-electron chi connectivity index (χ1n) is 7.01. The number of nitrogens with one attached hydrogen (secondary N) is 1. The van der Waals surface area contributed by atoms with E-state index in [0.717, 1.165) is 31.4 Å². The number of hydrogen-bond acceptors (Lipinski definition) is 2. The summed E-state index contributed by atoms with van der Waals surface area (Å²) in [6.45, 7) is 5.58. The predicted molar refractivity (Wildman–Crippen MR) is 77.2 cm³/mol. The number of amidine groups is 1. The Balaban J connectivity index is 2.33. The smallest absolute Gasteiger partial charge is 0.150 e. The van der Waals surface area contributed by atoms with Gasteiger partial charge in [0.1, 0.15) is 23.2 Å². The normalized spacial score (nSPS) is 17.5. The van der Waals surface area contributed by atoms with E-state index >= 15 is 0 Å². The summed E-state index contributed by atoms with van der Waals surface area (Å²) in [5.41, 5.74) is 5.52. The SMILES string of the molecule is CCC1(CC)CCN(c2c(F)cc(C(=N)N)cc2F)C1. The van der Waals surface area contributed by atoms with Gasteiger partial charge >= 0.3 is 0 Å². The quantitative estimate of drug-likeness (QED) is 0.657. The summed E-state index contributed by atoms with van der Waals surface area (Å²) >= 11 is 0. The van der Waals surface area contributed by atoms with E-state index in [-0.39, 0.29) is 22.5 Å². The van der Waals surface area contributed by atoms with Gasteiger partial charge in [0.25, 0.3) is 0 Å². The van der Waals surface area contributed by atoms with Crippen LogP contribution in [0.5, 0.6) is 0 Å². The van der Waals surface area contributed by atoms with Crippen LogP contribution >= 0.6 is 0 Å². The largest absolute Gasteiger partial charge is 0.384 e. The van der Waals surface area contributed by atoms with Crippen LogP contribution in [-0.4, -0.2) is 18.9 Å². The molecule has 1 aliphatic heterocycles. The number of benzene rings is 1. The van der Waals surface area contributed by atoms with Crippen LogP contribution < -0.4 is 10.6 Å². The molecule has 0 atom stereocenters. The van der Waals surface area contributed by atoms with Crippen LogP contribution in [0.15, 0.2) is 12.1 Å². The molecule has 0 amide bonds. The lowest BCUT2D eigenvalue weighted by molar-refractivity contribution is 0.301. The fourth-order valence-corrected chi connectivity index (χ4v) is 2.98. The predicted octanol–water partition coefficient (Wildman–Crippen LogP) is 3.27. The van der Waals surface area contributed by atoms with Crippen molar-refractivity contribution in [1.29, 1.82) is 5.41 Å². The molecule has 20 heavy (non-hydrogen) atoms. The first-order valence-corrected chi connectivity index (χ1v) is 7.01. The van der Waals surface area contributed by atoms with Gasteiger partial charge in [0.15, 0.2) is 0 Å². The third-order valence-electron chi connectivity index (χ3n) is 4.58. The van der Waals surface area contributed by atoms with E-state index in [1.165, 1.54) is 0 Å². The van der Waals surface area contributed by atoms with Gasteiger partial charge in [-0.25, -0.2) is 8.78 Å². The number of hydrogen-bond donors (Lipinski definition) is 2. The summed E-state index contributed by atoms with van der Waals surface area (Å²) in [6, 6.07) is 2.28. The number of nitrogen functional groups attached to an aromatic ring is 1. The van der Waals surface area contributed by atoms with Crippen molar-refractivity contribution in [2.75, 3.05) is 18.0 Å². The number of nitrogens with two attached hydrogens (primary N) is 1. The van der Waals surface area contributed by atoms with Gasteiger partial charge in [-0.3, -0.25) is 5.41 Å². The summed E-state index contributed by atoms with van der Waals surface area (Å²) in [4.78, 5) is 1.78. The van der Waals surface area contributed by atoms with Crippen LogP contribution in [0.2, 0.25) is 0 Å². The van der Waals surface area contributed by atoms with Gasteiger partial charge in [-0.15, -0.1) is 0 Å². The summed E-state index contributed by atoms with van der Waals surface area (Å²) in [5, 5.41) is 7.26. The summed E-state index contributed by atoms with van der Waals surface area (Å²) < 4.78 is 28.3. The van der Waals surface area contributed by atoms with E-state index in [0.29, 0.717) is 13.1 Å². The van der Waals surface area contributed by atoms with Crippen molar-refractivity contribution in [2.24, 2.45) is 11.1 Å². The summed E-state index contributed by atoms with van der Waals surface area (Å²) in [7, 11) is 0.